The number of hydrogen-bond donors (Lipinski definition) is 0. The smallest absolute Gasteiger partial charge is 0.246 e. The lowest BCUT2D eigenvalue weighted by atomic mass is 10.1. The molecule has 1 amide bonds. The Morgan fingerprint density at radius 3 is 2.57 bits per heavy atom. The lowest BCUT2D eigenvalue weighted by Crippen LogP contribution is -2.25. The summed E-state index contributed by atoms with van der Waals surface area (Å²) in [6.07, 6.45) is 7.66. The molecule has 0 N–H and O–H groups in total. The molecule has 4 aromatic rings. The summed E-state index contributed by atoms with van der Waals surface area (Å²) in [5.41, 5.74) is 5.09. The molecule has 0 fully saturated rings. The van der Waals surface area contributed by atoms with Gasteiger partial charge in [0.1, 0.15) is 0 Å². The number of fused-ring (bicyclic) bond motifs is 1. The number of benzene rings is 1. The summed E-state index contributed by atoms with van der Waals surface area (Å²) < 4.78 is 2.13. The minimum atomic E-state index is -0.0437. The molecule has 0 radical (unpaired) electrons. The Kier molecular flexibility index (Phi) is 5.70. The number of para-hydroxylation sites is 1. The Labute approximate surface area is 176 Å². The minimum absolute atomic E-state index is 0.0437. The lowest BCUT2D eigenvalue weighted by Gasteiger charge is -2.15. The number of rotatable bonds is 6. The van der Waals surface area contributed by atoms with Gasteiger partial charge in [0, 0.05) is 61.6 Å². The second kappa shape index (κ2) is 8.74. The van der Waals surface area contributed by atoms with E-state index in [1.807, 2.05) is 56.6 Å². The summed E-state index contributed by atoms with van der Waals surface area (Å²) >= 11 is 0. The van der Waals surface area contributed by atoms with E-state index < -0.39 is 0 Å². The first-order valence-corrected chi connectivity index (χ1v) is 9.91. The molecule has 5 nitrogen and oxygen atoms in total. The van der Waals surface area contributed by atoms with E-state index in [0.29, 0.717) is 13.0 Å². The van der Waals surface area contributed by atoms with Crippen molar-refractivity contribution < 1.29 is 4.79 Å². The average molecular weight is 396 g/mol. The normalized spacial score (nSPS) is 11.3. The van der Waals surface area contributed by atoms with Crippen LogP contribution in [0.2, 0.25) is 0 Å². The molecule has 30 heavy (non-hydrogen) atoms. The van der Waals surface area contributed by atoms with Crippen LogP contribution < -0.4 is 0 Å². The molecule has 0 bridgehead atoms. The topological polar surface area (TPSA) is 51.0 Å². The monoisotopic (exact) mass is 396 g/mol. The van der Waals surface area contributed by atoms with Crippen LogP contribution in [0.25, 0.3) is 17.0 Å². The molecule has 3 heterocycles. The molecule has 0 saturated heterocycles. The second-order valence-corrected chi connectivity index (χ2v) is 7.36. The molecule has 1 aromatic carbocycles. The van der Waals surface area contributed by atoms with Crippen molar-refractivity contribution in [3.8, 4) is 0 Å². The van der Waals surface area contributed by atoms with Crippen LogP contribution in [0.3, 0.4) is 0 Å². The molecule has 0 spiro atoms. The van der Waals surface area contributed by atoms with Gasteiger partial charge in [-0.2, -0.15) is 0 Å². The van der Waals surface area contributed by atoms with E-state index >= 15 is 0 Å². The third kappa shape index (κ3) is 4.46. The summed E-state index contributed by atoms with van der Waals surface area (Å²) in [7, 11) is 3.85. The summed E-state index contributed by atoms with van der Waals surface area (Å²) in [6, 6.07) is 20.2. The Bertz CT molecular complexity index is 1180. The maximum Gasteiger partial charge on any atom is 0.246 e. The van der Waals surface area contributed by atoms with E-state index in [4.69, 9.17) is 0 Å². The molecule has 0 aliphatic carbocycles. The number of carbonyl (C=O) groups excluding carboxylic acids is 1. The van der Waals surface area contributed by atoms with Crippen LogP contribution in [0.5, 0.6) is 0 Å². The fraction of sp³-hybridized carbons (Fsp3) is 0.160. The van der Waals surface area contributed by atoms with E-state index in [-0.39, 0.29) is 5.91 Å². The summed E-state index contributed by atoms with van der Waals surface area (Å²) in [6.45, 7) is 0.551. The molecule has 4 rings (SSSR count). The predicted octanol–water partition coefficient (Wildman–Crippen LogP) is 4.23. The van der Waals surface area contributed by atoms with Crippen molar-refractivity contribution in [3.05, 3.63) is 102 Å². The summed E-state index contributed by atoms with van der Waals surface area (Å²) in [5, 5.41) is 1.18. The number of nitrogens with zero attached hydrogens (tertiary/aromatic N) is 4. The highest BCUT2D eigenvalue weighted by molar-refractivity contribution is 5.91. The maximum atomic E-state index is 12.6. The second-order valence-electron chi connectivity index (χ2n) is 7.36. The minimum Gasteiger partial charge on any atom is -0.346 e. The first-order valence-electron chi connectivity index (χ1n) is 9.91. The van der Waals surface area contributed by atoms with E-state index in [1.54, 1.807) is 29.4 Å². The van der Waals surface area contributed by atoms with Gasteiger partial charge in [0.05, 0.1) is 6.54 Å². The number of carbonyl (C=O) groups is 1. The standard InChI is InChI=1S/C25H24N4O/c1-28(18-23-15-20-7-3-4-9-24(20)29(23)2)25(30)13-11-19-10-12-22(27-17-19)16-21-8-5-6-14-26-21/h3-15,17H,16,18H2,1-2H3/b13-11+. The first-order chi connectivity index (χ1) is 14.6. The number of aromatic nitrogens is 3. The van der Waals surface area contributed by atoms with Crippen molar-refractivity contribution in [1.29, 1.82) is 0 Å². The van der Waals surface area contributed by atoms with Gasteiger partial charge in [-0.05, 0) is 47.4 Å². The van der Waals surface area contributed by atoms with E-state index in [9.17, 15) is 4.79 Å². The van der Waals surface area contributed by atoms with Crippen LogP contribution >= 0.6 is 0 Å². The Balaban J connectivity index is 1.38. The van der Waals surface area contributed by atoms with Crippen molar-refractivity contribution in [2.45, 2.75) is 13.0 Å². The van der Waals surface area contributed by atoms with Gasteiger partial charge in [0.2, 0.25) is 5.91 Å². The van der Waals surface area contributed by atoms with Crippen LogP contribution in [0.4, 0.5) is 0 Å². The van der Waals surface area contributed by atoms with Gasteiger partial charge in [-0.15, -0.1) is 0 Å². The Morgan fingerprint density at radius 2 is 1.83 bits per heavy atom. The Hall–Kier alpha value is -3.73. The van der Waals surface area contributed by atoms with Crippen molar-refractivity contribution in [2.24, 2.45) is 7.05 Å². The molecule has 0 unspecified atom stereocenters. The van der Waals surface area contributed by atoms with Crippen molar-refractivity contribution in [3.63, 3.8) is 0 Å². The number of likely N-dealkylation sites (N-methyl/N-ethyl adjacent to an activating group) is 1. The van der Waals surface area contributed by atoms with Crippen LogP contribution in [0.15, 0.2) is 79.1 Å². The molecule has 5 heteroatoms. The highest BCUT2D eigenvalue weighted by Crippen LogP contribution is 2.19. The third-order valence-corrected chi connectivity index (χ3v) is 5.18. The zero-order valence-corrected chi connectivity index (χ0v) is 17.2. The fourth-order valence-corrected chi connectivity index (χ4v) is 3.44. The van der Waals surface area contributed by atoms with E-state index in [2.05, 4.69) is 32.7 Å². The van der Waals surface area contributed by atoms with Gasteiger partial charge in [-0.3, -0.25) is 14.8 Å². The summed E-state index contributed by atoms with van der Waals surface area (Å²) in [4.78, 5) is 23.1. The number of hydrogen-bond acceptors (Lipinski definition) is 3. The fourth-order valence-electron chi connectivity index (χ4n) is 3.44. The highest BCUT2D eigenvalue weighted by atomic mass is 16.2. The number of pyridine rings is 2. The lowest BCUT2D eigenvalue weighted by molar-refractivity contribution is -0.125. The van der Waals surface area contributed by atoms with Crippen LogP contribution in [0, 0.1) is 0 Å². The van der Waals surface area contributed by atoms with E-state index in [1.165, 1.54) is 10.9 Å². The van der Waals surface area contributed by atoms with Crippen LogP contribution in [-0.2, 0) is 24.8 Å². The summed E-state index contributed by atoms with van der Waals surface area (Å²) in [5.74, 6) is -0.0437. The molecule has 0 saturated carbocycles. The van der Waals surface area contributed by atoms with Crippen molar-refractivity contribution >= 4 is 22.9 Å². The largest absolute Gasteiger partial charge is 0.346 e. The number of aryl methyl sites for hydroxylation is 1. The third-order valence-electron chi connectivity index (χ3n) is 5.18. The quantitative estimate of drug-likeness (QED) is 0.458. The zero-order valence-electron chi connectivity index (χ0n) is 17.2. The molecule has 150 valence electrons. The predicted molar refractivity (Wildman–Crippen MR) is 120 cm³/mol. The Morgan fingerprint density at radius 1 is 1.03 bits per heavy atom. The zero-order chi connectivity index (χ0) is 20.9. The van der Waals surface area contributed by atoms with Crippen LogP contribution in [0.1, 0.15) is 22.6 Å². The maximum absolute atomic E-state index is 12.6. The van der Waals surface area contributed by atoms with Gasteiger partial charge in [-0.25, -0.2) is 0 Å². The van der Waals surface area contributed by atoms with Crippen molar-refractivity contribution in [2.75, 3.05) is 7.05 Å². The SMILES string of the molecule is CN(Cc1cc2ccccc2n1C)C(=O)/C=C/c1ccc(Cc2ccccn2)nc1. The van der Waals surface area contributed by atoms with Gasteiger partial charge in [0.15, 0.2) is 0 Å². The first kappa shape index (κ1) is 19.6. The highest BCUT2D eigenvalue weighted by Gasteiger charge is 2.10. The molecule has 0 atom stereocenters. The molecule has 0 aliphatic rings. The van der Waals surface area contributed by atoms with Gasteiger partial charge < -0.3 is 9.47 Å². The number of amides is 1. The average Bonchev–Trinajstić information content (AvgIpc) is 3.09. The van der Waals surface area contributed by atoms with Crippen LogP contribution in [-0.4, -0.2) is 32.4 Å². The van der Waals surface area contributed by atoms with Gasteiger partial charge in [0.25, 0.3) is 0 Å². The molecular weight excluding hydrogens is 372 g/mol. The van der Waals surface area contributed by atoms with E-state index in [0.717, 1.165) is 22.6 Å². The van der Waals surface area contributed by atoms with Gasteiger partial charge >= 0.3 is 0 Å². The molecule has 3 aromatic heterocycles. The van der Waals surface area contributed by atoms with Gasteiger partial charge in [-0.1, -0.05) is 30.3 Å². The van der Waals surface area contributed by atoms with Crippen molar-refractivity contribution in [1.82, 2.24) is 19.4 Å². The molecule has 0 aliphatic heterocycles. The molecular formula is C25H24N4O.